The number of anilines is 1. The Morgan fingerprint density at radius 2 is 2.15 bits per heavy atom. The monoisotopic (exact) mass is 290 g/mol. The molecular weight excluding hydrogens is 272 g/mol. The first-order valence-electron chi connectivity index (χ1n) is 6.70. The van der Waals surface area contributed by atoms with Gasteiger partial charge >= 0.3 is 0 Å². The number of hydrogen-bond acceptors (Lipinski definition) is 5. The van der Waals surface area contributed by atoms with Crippen LogP contribution in [0.15, 0.2) is 39.2 Å². The summed E-state index contributed by atoms with van der Waals surface area (Å²) < 4.78 is 0. The molecule has 2 aromatic rings. The molecule has 0 aromatic carbocycles. The highest BCUT2D eigenvalue weighted by molar-refractivity contribution is 7.99. The average molecular weight is 290 g/mol. The molecule has 0 atom stereocenters. The van der Waals surface area contributed by atoms with Crippen molar-refractivity contribution in [2.24, 2.45) is 0 Å². The highest BCUT2D eigenvalue weighted by Crippen LogP contribution is 2.23. The highest BCUT2D eigenvalue weighted by atomic mass is 32.2. The van der Waals surface area contributed by atoms with Gasteiger partial charge in [-0.2, -0.15) is 0 Å². The van der Waals surface area contributed by atoms with E-state index in [1.165, 1.54) is 11.8 Å². The third-order valence-electron chi connectivity index (χ3n) is 2.56. The van der Waals surface area contributed by atoms with E-state index in [9.17, 15) is 4.79 Å². The van der Waals surface area contributed by atoms with Crippen LogP contribution < -0.4 is 10.9 Å². The molecule has 2 N–H and O–H groups in total. The minimum absolute atomic E-state index is 0.117. The SMILES string of the molecule is CCCc1cc(=O)[nH]c(Sc2cccc(NCC)n2)n1. The van der Waals surface area contributed by atoms with Gasteiger partial charge in [-0.25, -0.2) is 9.97 Å². The van der Waals surface area contributed by atoms with Gasteiger partial charge in [-0.1, -0.05) is 19.4 Å². The van der Waals surface area contributed by atoms with E-state index in [2.05, 4.69) is 27.2 Å². The summed E-state index contributed by atoms with van der Waals surface area (Å²) in [5.41, 5.74) is 0.704. The third-order valence-corrected chi connectivity index (χ3v) is 3.39. The fraction of sp³-hybridized carbons (Fsp3) is 0.357. The number of H-pyrrole nitrogens is 1. The highest BCUT2D eigenvalue weighted by Gasteiger charge is 2.05. The Morgan fingerprint density at radius 3 is 2.90 bits per heavy atom. The van der Waals surface area contributed by atoms with Crippen molar-refractivity contribution in [2.75, 3.05) is 11.9 Å². The van der Waals surface area contributed by atoms with Crippen LogP contribution in [-0.2, 0) is 6.42 Å². The lowest BCUT2D eigenvalue weighted by Crippen LogP contribution is -2.10. The van der Waals surface area contributed by atoms with E-state index in [0.29, 0.717) is 5.16 Å². The van der Waals surface area contributed by atoms with Gasteiger partial charge in [0.1, 0.15) is 10.8 Å². The predicted octanol–water partition coefficient (Wildman–Crippen LogP) is 2.70. The van der Waals surface area contributed by atoms with E-state index in [1.807, 2.05) is 25.1 Å². The summed E-state index contributed by atoms with van der Waals surface area (Å²) in [5.74, 6) is 0.824. The van der Waals surface area contributed by atoms with E-state index in [0.717, 1.165) is 35.9 Å². The van der Waals surface area contributed by atoms with Crippen molar-refractivity contribution in [3.05, 3.63) is 40.3 Å². The Balaban J connectivity index is 2.20. The van der Waals surface area contributed by atoms with Gasteiger partial charge in [0.25, 0.3) is 5.56 Å². The Morgan fingerprint density at radius 1 is 1.30 bits per heavy atom. The molecule has 0 unspecified atom stereocenters. The summed E-state index contributed by atoms with van der Waals surface area (Å²) in [4.78, 5) is 23.2. The quantitative estimate of drug-likeness (QED) is 0.800. The maximum absolute atomic E-state index is 11.6. The first-order valence-corrected chi connectivity index (χ1v) is 7.52. The zero-order valence-corrected chi connectivity index (χ0v) is 12.5. The topological polar surface area (TPSA) is 70.7 Å². The van der Waals surface area contributed by atoms with Crippen LogP contribution in [0, 0.1) is 0 Å². The molecule has 0 saturated heterocycles. The molecule has 2 aromatic heterocycles. The molecule has 6 heteroatoms. The molecular formula is C14H18N4OS. The van der Waals surface area contributed by atoms with Crippen molar-refractivity contribution in [3.63, 3.8) is 0 Å². The second-order valence-corrected chi connectivity index (χ2v) is 5.29. The Bertz CT molecular complexity index is 627. The first-order chi connectivity index (χ1) is 9.71. The lowest BCUT2D eigenvalue weighted by atomic mass is 10.2. The van der Waals surface area contributed by atoms with E-state index in [-0.39, 0.29) is 5.56 Å². The van der Waals surface area contributed by atoms with E-state index in [4.69, 9.17) is 0 Å². The van der Waals surface area contributed by atoms with Crippen molar-refractivity contribution < 1.29 is 0 Å². The van der Waals surface area contributed by atoms with Crippen molar-refractivity contribution >= 4 is 17.6 Å². The number of rotatable bonds is 6. The van der Waals surface area contributed by atoms with Crippen molar-refractivity contribution in [1.82, 2.24) is 15.0 Å². The van der Waals surface area contributed by atoms with Crippen LogP contribution in [0.1, 0.15) is 26.0 Å². The van der Waals surface area contributed by atoms with Crippen LogP contribution in [0.25, 0.3) is 0 Å². The molecule has 0 spiro atoms. The minimum atomic E-state index is -0.117. The number of aromatic nitrogens is 3. The molecule has 0 bridgehead atoms. The standard InChI is InChI=1S/C14H18N4OS/c1-3-6-10-9-12(19)18-14(16-10)20-13-8-5-7-11(17-13)15-4-2/h5,7-9H,3-4,6H2,1-2H3,(H,15,17)(H,16,18,19). The summed E-state index contributed by atoms with van der Waals surface area (Å²) in [5, 5.41) is 4.55. The number of nitrogens with zero attached hydrogens (tertiary/aromatic N) is 2. The molecule has 0 aliphatic heterocycles. The van der Waals surface area contributed by atoms with Crippen molar-refractivity contribution in [2.45, 2.75) is 36.9 Å². The molecule has 0 fully saturated rings. The largest absolute Gasteiger partial charge is 0.370 e. The van der Waals surface area contributed by atoms with Crippen LogP contribution in [0.5, 0.6) is 0 Å². The van der Waals surface area contributed by atoms with Crippen LogP contribution in [0.3, 0.4) is 0 Å². The van der Waals surface area contributed by atoms with Crippen LogP contribution in [-0.4, -0.2) is 21.5 Å². The van der Waals surface area contributed by atoms with E-state index >= 15 is 0 Å². The Hall–Kier alpha value is -1.82. The summed E-state index contributed by atoms with van der Waals surface area (Å²) in [6.07, 6.45) is 1.77. The lowest BCUT2D eigenvalue weighted by molar-refractivity contribution is 0.815. The van der Waals surface area contributed by atoms with Gasteiger partial charge in [-0.15, -0.1) is 0 Å². The van der Waals surface area contributed by atoms with Gasteiger partial charge < -0.3 is 10.3 Å². The zero-order chi connectivity index (χ0) is 14.4. The van der Waals surface area contributed by atoms with Crippen LogP contribution in [0.4, 0.5) is 5.82 Å². The predicted molar refractivity (Wildman–Crippen MR) is 81.4 cm³/mol. The van der Waals surface area contributed by atoms with Crippen molar-refractivity contribution in [1.29, 1.82) is 0 Å². The molecule has 0 radical (unpaired) electrons. The molecule has 0 saturated carbocycles. The number of aryl methyl sites for hydroxylation is 1. The molecule has 0 aliphatic rings. The maximum Gasteiger partial charge on any atom is 0.251 e. The summed E-state index contributed by atoms with van der Waals surface area (Å²) >= 11 is 1.36. The average Bonchev–Trinajstić information content (AvgIpc) is 2.39. The Labute approximate surface area is 122 Å². The summed E-state index contributed by atoms with van der Waals surface area (Å²) in [6.45, 7) is 4.91. The Kier molecular flexibility index (Phi) is 5.17. The number of hydrogen-bond donors (Lipinski definition) is 2. The molecule has 2 rings (SSSR count). The molecule has 20 heavy (non-hydrogen) atoms. The number of pyridine rings is 1. The van der Waals surface area contributed by atoms with Gasteiger partial charge in [-0.05, 0) is 37.2 Å². The smallest absolute Gasteiger partial charge is 0.251 e. The van der Waals surface area contributed by atoms with E-state index in [1.54, 1.807) is 6.07 Å². The van der Waals surface area contributed by atoms with Gasteiger partial charge in [0, 0.05) is 18.3 Å². The minimum Gasteiger partial charge on any atom is -0.370 e. The maximum atomic E-state index is 11.6. The first kappa shape index (κ1) is 14.6. The van der Waals surface area contributed by atoms with Crippen molar-refractivity contribution in [3.8, 4) is 0 Å². The summed E-state index contributed by atoms with van der Waals surface area (Å²) in [6, 6.07) is 7.30. The zero-order valence-electron chi connectivity index (χ0n) is 11.6. The fourth-order valence-electron chi connectivity index (χ4n) is 1.77. The van der Waals surface area contributed by atoms with E-state index < -0.39 is 0 Å². The number of nitrogens with one attached hydrogen (secondary N) is 2. The molecule has 0 aliphatic carbocycles. The lowest BCUT2D eigenvalue weighted by Gasteiger charge is -2.05. The van der Waals surface area contributed by atoms with Crippen LogP contribution >= 0.6 is 11.8 Å². The summed E-state index contributed by atoms with van der Waals surface area (Å²) in [7, 11) is 0. The molecule has 0 amide bonds. The third kappa shape index (κ3) is 4.09. The normalized spacial score (nSPS) is 10.5. The molecule has 5 nitrogen and oxygen atoms in total. The fourth-order valence-corrected chi connectivity index (χ4v) is 2.57. The second kappa shape index (κ2) is 7.09. The van der Waals surface area contributed by atoms with Crippen LogP contribution in [0.2, 0.25) is 0 Å². The molecule has 2 heterocycles. The van der Waals surface area contributed by atoms with Gasteiger partial charge in [0.05, 0.1) is 0 Å². The van der Waals surface area contributed by atoms with Gasteiger partial charge in [-0.3, -0.25) is 4.79 Å². The number of aromatic amines is 1. The van der Waals surface area contributed by atoms with Gasteiger partial charge in [0.15, 0.2) is 5.16 Å². The van der Waals surface area contributed by atoms with Gasteiger partial charge in [0.2, 0.25) is 0 Å². The second-order valence-electron chi connectivity index (χ2n) is 4.29. The molecule has 106 valence electrons.